The number of nitrogens with zero attached hydrogens (tertiary/aromatic N) is 4. The first-order chi connectivity index (χ1) is 15.8. The van der Waals surface area contributed by atoms with Crippen molar-refractivity contribution in [2.45, 2.75) is 13.1 Å². The molecule has 0 saturated carbocycles. The molecule has 0 saturated heterocycles. The molecule has 0 aliphatic heterocycles. The van der Waals surface area contributed by atoms with E-state index in [0.717, 1.165) is 16.7 Å². The number of aromatic nitrogens is 4. The van der Waals surface area contributed by atoms with Crippen molar-refractivity contribution in [3.63, 3.8) is 0 Å². The number of carbonyl (C=O) groups is 1. The van der Waals surface area contributed by atoms with E-state index in [9.17, 15) is 4.79 Å². The number of furan rings is 1. The highest BCUT2D eigenvalue weighted by Gasteiger charge is 2.21. The maximum absolute atomic E-state index is 13.1. The van der Waals surface area contributed by atoms with Crippen molar-refractivity contribution in [3.05, 3.63) is 102 Å². The van der Waals surface area contributed by atoms with E-state index in [1.165, 1.54) is 17.7 Å². The molecular weight excluding hydrogens is 422 g/mol. The molecule has 0 aliphatic rings. The number of rotatable bonds is 7. The van der Waals surface area contributed by atoms with Gasteiger partial charge in [-0.3, -0.25) is 4.79 Å². The zero-order valence-electron chi connectivity index (χ0n) is 17.0. The van der Waals surface area contributed by atoms with Gasteiger partial charge in [0.25, 0.3) is 5.91 Å². The summed E-state index contributed by atoms with van der Waals surface area (Å²) < 4.78 is 7.25. The summed E-state index contributed by atoms with van der Waals surface area (Å²) in [5, 5.41) is 7.82. The molecule has 2 aromatic carbocycles. The lowest BCUT2D eigenvalue weighted by Crippen LogP contribution is -2.22. The van der Waals surface area contributed by atoms with E-state index in [0.29, 0.717) is 34.4 Å². The third kappa shape index (κ3) is 4.35. The van der Waals surface area contributed by atoms with Crippen LogP contribution in [0.1, 0.15) is 20.8 Å². The molecule has 1 N–H and O–H groups in total. The number of hydrogen-bond donors (Lipinski definition) is 1. The smallest absolute Gasteiger partial charge is 0.263 e. The van der Waals surface area contributed by atoms with Gasteiger partial charge in [-0.2, -0.15) is 5.10 Å². The summed E-state index contributed by atoms with van der Waals surface area (Å²) in [7, 11) is 0. The minimum Gasteiger partial charge on any atom is -0.462 e. The van der Waals surface area contributed by atoms with E-state index in [-0.39, 0.29) is 5.91 Å². The van der Waals surface area contributed by atoms with E-state index in [4.69, 9.17) is 9.40 Å². The normalized spacial score (nSPS) is 10.9. The molecule has 158 valence electrons. The topological polar surface area (TPSA) is 85.8 Å². The molecule has 1 amide bonds. The fourth-order valence-corrected chi connectivity index (χ4v) is 4.27. The highest BCUT2D eigenvalue weighted by atomic mass is 32.1. The maximum atomic E-state index is 13.1. The van der Waals surface area contributed by atoms with Crippen LogP contribution in [0.5, 0.6) is 0 Å². The van der Waals surface area contributed by atoms with Gasteiger partial charge in [-0.1, -0.05) is 54.6 Å². The van der Waals surface area contributed by atoms with Gasteiger partial charge in [-0.25, -0.2) is 14.6 Å². The molecule has 3 aromatic heterocycles. The molecule has 0 radical (unpaired) electrons. The quantitative estimate of drug-likeness (QED) is 0.398. The fourth-order valence-electron chi connectivity index (χ4n) is 3.30. The van der Waals surface area contributed by atoms with E-state index in [2.05, 4.69) is 15.4 Å². The first kappa shape index (κ1) is 19.9. The second-order valence-corrected chi connectivity index (χ2v) is 8.13. The lowest BCUT2D eigenvalue weighted by Gasteiger charge is -2.07. The Morgan fingerprint density at radius 1 is 1.00 bits per heavy atom. The Kier molecular flexibility index (Phi) is 5.59. The molecule has 0 fully saturated rings. The van der Waals surface area contributed by atoms with Crippen LogP contribution in [0.3, 0.4) is 0 Å². The summed E-state index contributed by atoms with van der Waals surface area (Å²) in [6.07, 6.45) is 4.81. The van der Waals surface area contributed by atoms with Gasteiger partial charge in [0.2, 0.25) is 0 Å². The largest absolute Gasteiger partial charge is 0.462 e. The Labute approximate surface area is 188 Å². The van der Waals surface area contributed by atoms with Gasteiger partial charge in [0.15, 0.2) is 10.8 Å². The van der Waals surface area contributed by atoms with Crippen molar-refractivity contribution < 1.29 is 9.21 Å². The average Bonchev–Trinajstić information content (AvgIpc) is 3.60. The second kappa shape index (κ2) is 8.99. The van der Waals surface area contributed by atoms with Gasteiger partial charge in [-0.15, -0.1) is 11.3 Å². The van der Waals surface area contributed by atoms with Crippen LogP contribution in [0.2, 0.25) is 0 Å². The van der Waals surface area contributed by atoms with Crippen LogP contribution in [-0.2, 0) is 13.1 Å². The number of benzene rings is 2. The van der Waals surface area contributed by atoms with Crippen LogP contribution < -0.4 is 5.32 Å². The van der Waals surface area contributed by atoms with Crippen LogP contribution in [0.25, 0.3) is 22.0 Å². The Hall–Kier alpha value is -4.04. The predicted molar refractivity (Wildman–Crippen MR) is 122 cm³/mol. The van der Waals surface area contributed by atoms with Crippen molar-refractivity contribution in [1.29, 1.82) is 0 Å². The third-order valence-corrected chi connectivity index (χ3v) is 5.97. The van der Waals surface area contributed by atoms with Crippen molar-refractivity contribution in [2.24, 2.45) is 0 Å². The third-order valence-electron chi connectivity index (χ3n) is 4.90. The number of carbonyl (C=O) groups excluding carboxylic acids is 1. The zero-order chi connectivity index (χ0) is 21.8. The molecular formula is C24H19N5O2S. The Morgan fingerprint density at radius 3 is 2.53 bits per heavy atom. The van der Waals surface area contributed by atoms with Crippen molar-refractivity contribution in [1.82, 2.24) is 25.1 Å². The molecule has 0 bridgehead atoms. The second-order valence-electron chi connectivity index (χ2n) is 7.13. The van der Waals surface area contributed by atoms with Crippen LogP contribution in [0.15, 0.2) is 90.1 Å². The highest BCUT2D eigenvalue weighted by molar-refractivity contribution is 7.17. The number of hydrogen-bond acceptors (Lipinski definition) is 6. The molecule has 8 heteroatoms. The predicted octanol–water partition coefficient (Wildman–Crippen LogP) is 4.64. The summed E-state index contributed by atoms with van der Waals surface area (Å²) in [5.41, 5.74) is 3.67. The fraction of sp³-hybridized carbons (Fsp3) is 0.0833. The standard InChI is InChI=1S/C24H19N5O2S/c30-23(26-13-17-8-10-18(11-9-17)14-29-16-25-15-27-29)22-21(19-5-2-1-3-6-19)28-24(32-22)20-7-4-12-31-20/h1-12,15-16H,13-14H2,(H,26,30). The van der Waals surface area contributed by atoms with E-state index in [1.54, 1.807) is 17.3 Å². The molecule has 0 spiro atoms. The van der Waals surface area contributed by atoms with Crippen molar-refractivity contribution in [3.8, 4) is 22.0 Å². The average molecular weight is 442 g/mol. The van der Waals surface area contributed by atoms with E-state index < -0.39 is 0 Å². The first-order valence-electron chi connectivity index (χ1n) is 10.0. The minimum absolute atomic E-state index is 0.161. The van der Waals surface area contributed by atoms with Crippen molar-refractivity contribution >= 4 is 17.2 Å². The molecule has 0 aliphatic carbocycles. The molecule has 0 atom stereocenters. The van der Waals surface area contributed by atoms with Gasteiger partial charge in [0, 0.05) is 12.1 Å². The lowest BCUT2D eigenvalue weighted by molar-refractivity contribution is 0.0955. The van der Waals surface area contributed by atoms with Crippen LogP contribution in [0, 0.1) is 0 Å². The molecule has 5 aromatic rings. The molecule has 0 unspecified atom stereocenters. The van der Waals surface area contributed by atoms with Gasteiger partial charge in [0.1, 0.15) is 17.5 Å². The van der Waals surface area contributed by atoms with Gasteiger partial charge >= 0.3 is 0 Å². The maximum Gasteiger partial charge on any atom is 0.263 e. The number of nitrogens with one attached hydrogen (secondary N) is 1. The van der Waals surface area contributed by atoms with E-state index in [1.807, 2.05) is 66.7 Å². The molecule has 7 nitrogen and oxygen atoms in total. The van der Waals surface area contributed by atoms with E-state index >= 15 is 0 Å². The summed E-state index contributed by atoms with van der Waals surface area (Å²) in [6, 6.07) is 21.4. The summed E-state index contributed by atoms with van der Waals surface area (Å²) in [5.74, 6) is 0.486. The lowest BCUT2D eigenvalue weighted by atomic mass is 10.1. The van der Waals surface area contributed by atoms with Crippen LogP contribution >= 0.6 is 11.3 Å². The SMILES string of the molecule is O=C(NCc1ccc(Cn2cncn2)cc1)c1sc(-c2ccco2)nc1-c1ccccc1. The summed E-state index contributed by atoms with van der Waals surface area (Å²) >= 11 is 1.33. The molecule has 5 rings (SSSR count). The summed E-state index contributed by atoms with van der Waals surface area (Å²) in [4.78, 5) is 22.3. The Bertz CT molecular complexity index is 1290. The molecule has 32 heavy (non-hydrogen) atoms. The van der Waals surface area contributed by atoms with Gasteiger partial charge < -0.3 is 9.73 Å². The van der Waals surface area contributed by atoms with Gasteiger partial charge in [-0.05, 0) is 23.3 Å². The van der Waals surface area contributed by atoms with Gasteiger partial charge in [0.05, 0.1) is 18.5 Å². The van der Waals surface area contributed by atoms with Crippen LogP contribution in [0.4, 0.5) is 0 Å². The highest BCUT2D eigenvalue weighted by Crippen LogP contribution is 2.34. The molecule has 3 heterocycles. The first-order valence-corrected chi connectivity index (χ1v) is 10.9. The Morgan fingerprint density at radius 2 is 1.81 bits per heavy atom. The number of thiazole rings is 1. The summed E-state index contributed by atoms with van der Waals surface area (Å²) in [6.45, 7) is 1.08. The zero-order valence-corrected chi connectivity index (χ0v) is 17.8. The number of amides is 1. The monoisotopic (exact) mass is 441 g/mol. The van der Waals surface area contributed by atoms with Crippen LogP contribution in [-0.4, -0.2) is 25.7 Å². The van der Waals surface area contributed by atoms with Crippen molar-refractivity contribution in [2.75, 3.05) is 0 Å². The Balaban J connectivity index is 1.32. The minimum atomic E-state index is -0.161.